The Morgan fingerprint density at radius 2 is 1.74 bits per heavy atom. The van der Waals surface area contributed by atoms with Gasteiger partial charge in [-0.15, -0.1) is 0 Å². The van der Waals surface area contributed by atoms with Crippen LogP contribution in [0.1, 0.15) is 16.9 Å². The van der Waals surface area contributed by atoms with Crippen molar-refractivity contribution in [2.75, 3.05) is 0 Å². The fourth-order valence-corrected chi connectivity index (χ4v) is 2.85. The number of hydrogen-bond donors (Lipinski definition) is 1. The molecule has 8 nitrogen and oxygen atoms in total. The Morgan fingerprint density at radius 1 is 1.13 bits per heavy atom. The maximum Gasteiger partial charge on any atom is 0.372 e. The highest BCUT2D eigenvalue weighted by Crippen LogP contribution is 2.17. The summed E-state index contributed by atoms with van der Waals surface area (Å²) in [6, 6.07) is 6.40. The Balaban J connectivity index is 2.28. The van der Waals surface area contributed by atoms with Crippen molar-refractivity contribution >= 4 is 39.2 Å². The Hall–Kier alpha value is -2.52. The number of hydrogen-bond acceptors (Lipinski definition) is 6. The van der Waals surface area contributed by atoms with Crippen molar-refractivity contribution in [2.45, 2.75) is 11.3 Å². The van der Waals surface area contributed by atoms with E-state index in [1.165, 1.54) is 24.3 Å². The predicted octanol–water partition coefficient (Wildman–Crippen LogP) is 1.00. The summed E-state index contributed by atoms with van der Waals surface area (Å²) >= 11 is 5.69. The molecule has 0 aliphatic carbocycles. The quantitative estimate of drug-likeness (QED) is 0.465. The molecule has 1 N–H and O–H groups in total. The minimum Gasteiger partial charge on any atom is -0.475 e. The molecule has 2 aromatic rings. The number of nitrogens with zero attached hydrogens (tertiary/aromatic N) is 2. The lowest BCUT2D eigenvalue weighted by Crippen LogP contribution is -2.18. The second-order valence-electron chi connectivity index (χ2n) is 4.36. The van der Waals surface area contributed by atoms with E-state index in [-0.39, 0.29) is 10.6 Å². The summed E-state index contributed by atoms with van der Waals surface area (Å²) < 4.78 is 25.2. The minimum atomic E-state index is -4.02. The van der Waals surface area contributed by atoms with Crippen LogP contribution in [0.5, 0.6) is 0 Å². The fraction of sp³-hybridized carbons (Fsp3) is 0.0769. The van der Waals surface area contributed by atoms with Crippen molar-refractivity contribution in [3.63, 3.8) is 0 Å². The van der Waals surface area contributed by atoms with E-state index in [0.717, 1.165) is 12.3 Å². The van der Waals surface area contributed by atoms with E-state index in [0.29, 0.717) is 9.11 Å². The second kappa shape index (κ2) is 6.31. The normalized spacial score (nSPS) is 11.2. The van der Waals surface area contributed by atoms with Crippen molar-refractivity contribution in [3.05, 3.63) is 47.2 Å². The topological polar surface area (TPSA) is 123 Å². The van der Waals surface area contributed by atoms with Gasteiger partial charge in [0.2, 0.25) is 5.78 Å². The van der Waals surface area contributed by atoms with Crippen molar-refractivity contribution in [3.8, 4) is 0 Å². The zero-order valence-corrected chi connectivity index (χ0v) is 12.9. The van der Waals surface area contributed by atoms with E-state index < -0.39 is 34.0 Å². The molecule has 10 heteroatoms. The van der Waals surface area contributed by atoms with E-state index in [1.54, 1.807) is 0 Å². The zero-order valence-electron chi connectivity index (χ0n) is 11.3. The number of benzene rings is 1. The highest BCUT2D eigenvalue weighted by molar-refractivity contribution is 7.89. The molecule has 0 atom stereocenters. The molecule has 0 bridgehead atoms. The maximum atomic E-state index is 12.3. The first-order chi connectivity index (χ1) is 10.7. The highest BCUT2D eigenvalue weighted by Gasteiger charge is 2.23. The summed E-state index contributed by atoms with van der Waals surface area (Å²) in [7, 11) is -4.02. The summed E-state index contributed by atoms with van der Waals surface area (Å²) in [4.78, 5) is 33.0. The van der Waals surface area contributed by atoms with Gasteiger partial charge in [0.1, 0.15) is 5.69 Å². The number of carbonyl (C=O) groups excluding carboxylic acids is 2. The first-order valence-electron chi connectivity index (χ1n) is 6.08. The molecule has 1 heterocycles. The standard InChI is InChI=1S/C13H9ClN2O6S/c14-8-1-3-9(4-2-8)23(21,22)16-6-5-10(15-16)11(17)7-12(18)13(19)20/h1-6H,7H2,(H,19,20). The summed E-state index contributed by atoms with van der Waals surface area (Å²) in [6.45, 7) is 0. The van der Waals surface area contributed by atoms with Gasteiger partial charge in [-0.05, 0) is 30.3 Å². The summed E-state index contributed by atoms with van der Waals surface area (Å²) in [5.74, 6) is -3.93. The lowest BCUT2D eigenvalue weighted by atomic mass is 10.1. The smallest absolute Gasteiger partial charge is 0.372 e. The first kappa shape index (κ1) is 16.8. The van der Waals surface area contributed by atoms with Crippen LogP contribution < -0.4 is 0 Å². The van der Waals surface area contributed by atoms with Crippen molar-refractivity contribution in [2.24, 2.45) is 0 Å². The average Bonchev–Trinajstić information content (AvgIpc) is 2.98. The largest absolute Gasteiger partial charge is 0.475 e. The Bertz CT molecular complexity index is 885. The summed E-state index contributed by atoms with van der Waals surface area (Å²) in [6.07, 6.45) is 0.135. The summed E-state index contributed by atoms with van der Waals surface area (Å²) in [5.41, 5.74) is -0.322. The van der Waals surface area contributed by atoms with E-state index in [4.69, 9.17) is 16.7 Å². The number of ketones is 2. The van der Waals surface area contributed by atoms with Crippen LogP contribution in [0.25, 0.3) is 0 Å². The van der Waals surface area contributed by atoms with Crippen LogP contribution in [-0.2, 0) is 19.6 Å². The van der Waals surface area contributed by atoms with Crippen molar-refractivity contribution < 1.29 is 27.9 Å². The Labute approximate surface area is 135 Å². The van der Waals surface area contributed by atoms with Crippen LogP contribution in [0.2, 0.25) is 5.02 Å². The van der Waals surface area contributed by atoms with E-state index >= 15 is 0 Å². The molecular weight excluding hydrogens is 348 g/mol. The molecule has 0 aliphatic heterocycles. The van der Waals surface area contributed by atoms with Crippen LogP contribution in [0.4, 0.5) is 0 Å². The van der Waals surface area contributed by atoms with Crippen molar-refractivity contribution in [1.82, 2.24) is 9.19 Å². The Kier molecular flexibility index (Phi) is 4.62. The number of aliphatic carboxylic acids is 1. The van der Waals surface area contributed by atoms with E-state index in [1.807, 2.05) is 0 Å². The second-order valence-corrected chi connectivity index (χ2v) is 6.59. The third kappa shape index (κ3) is 3.63. The van der Waals surface area contributed by atoms with Crippen LogP contribution in [0, 0.1) is 0 Å². The van der Waals surface area contributed by atoms with Gasteiger partial charge in [-0.3, -0.25) is 9.59 Å². The predicted molar refractivity (Wildman–Crippen MR) is 77.9 cm³/mol. The zero-order chi connectivity index (χ0) is 17.2. The maximum absolute atomic E-state index is 12.3. The van der Waals surface area contributed by atoms with Crippen LogP contribution >= 0.6 is 11.6 Å². The summed E-state index contributed by atoms with van der Waals surface area (Å²) in [5, 5.41) is 12.4. The molecule has 1 aromatic carbocycles. The molecule has 0 saturated heterocycles. The number of carbonyl (C=O) groups is 3. The number of carboxylic acids is 1. The minimum absolute atomic E-state index is 0.0920. The molecule has 2 rings (SSSR count). The average molecular weight is 357 g/mol. The van der Waals surface area contributed by atoms with Gasteiger partial charge in [-0.1, -0.05) is 11.6 Å². The highest BCUT2D eigenvalue weighted by atomic mass is 35.5. The SMILES string of the molecule is O=C(O)C(=O)CC(=O)c1ccn(S(=O)(=O)c2ccc(Cl)cc2)n1. The van der Waals surface area contributed by atoms with Gasteiger partial charge in [0, 0.05) is 11.2 Å². The molecule has 0 radical (unpaired) electrons. The first-order valence-corrected chi connectivity index (χ1v) is 7.90. The molecule has 0 fully saturated rings. The lowest BCUT2D eigenvalue weighted by Gasteiger charge is -2.04. The van der Waals surface area contributed by atoms with Crippen LogP contribution in [0.15, 0.2) is 41.4 Å². The van der Waals surface area contributed by atoms with Gasteiger partial charge in [0.05, 0.1) is 11.3 Å². The van der Waals surface area contributed by atoms with Gasteiger partial charge >= 0.3 is 5.97 Å². The number of Topliss-reactive ketones (excluding diaryl/α,β-unsaturated/α-hetero) is 2. The number of halogens is 1. The van der Waals surface area contributed by atoms with Crippen LogP contribution in [-0.4, -0.2) is 40.2 Å². The molecule has 1 aromatic heterocycles. The van der Waals surface area contributed by atoms with Gasteiger partial charge in [0.25, 0.3) is 10.0 Å². The van der Waals surface area contributed by atoms with Crippen LogP contribution in [0.3, 0.4) is 0 Å². The van der Waals surface area contributed by atoms with Gasteiger partial charge in [-0.2, -0.15) is 17.6 Å². The molecule has 0 aliphatic rings. The molecular formula is C13H9ClN2O6S. The molecule has 0 spiro atoms. The van der Waals surface area contributed by atoms with Crippen molar-refractivity contribution in [1.29, 1.82) is 0 Å². The van der Waals surface area contributed by atoms with Gasteiger partial charge < -0.3 is 5.11 Å². The van der Waals surface area contributed by atoms with Gasteiger partial charge in [-0.25, -0.2) is 4.79 Å². The molecule has 0 saturated carbocycles. The molecule has 120 valence electrons. The van der Waals surface area contributed by atoms with Gasteiger partial charge in [0.15, 0.2) is 5.78 Å². The molecule has 0 amide bonds. The number of aromatic nitrogens is 2. The Morgan fingerprint density at radius 3 is 2.30 bits per heavy atom. The molecule has 23 heavy (non-hydrogen) atoms. The monoisotopic (exact) mass is 356 g/mol. The third-order valence-corrected chi connectivity index (χ3v) is 4.59. The van der Waals surface area contributed by atoms with E-state index in [2.05, 4.69) is 5.10 Å². The number of rotatable bonds is 6. The number of carboxylic acid groups (broad SMARTS) is 1. The third-order valence-electron chi connectivity index (χ3n) is 2.77. The van der Waals surface area contributed by atoms with E-state index in [9.17, 15) is 22.8 Å². The lowest BCUT2D eigenvalue weighted by molar-refractivity contribution is -0.148. The fourth-order valence-electron chi connectivity index (χ4n) is 1.62. The molecule has 0 unspecified atom stereocenters.